The van der Waals surface area contributed by atoms with Crippen LogP contribution in [0.3, 0.4) is 0 Å². The van der Waals surface area contributed by atoms with Gasteiger partial charge in [0.15, 0.2) is 5.82 Å². The van der Waals surface area contributed by atoms with Crippen molar-refractivity contribution in [3.8, 4) is 16.9 Å². The van der Waals surface area contributed by atoms with E-state index in [1.54, 1.807) is 46.1 Å². The Morgan fingerprint density at radius 2 is 1.91 bits per heavy atom. The van der Waals surface area contributed by atoms with Crippen molar-refractivity contribution >= 4 is 23.5 Å². The third kappa shape index (κ3) is 5.42. The molecule has 0 unspecified atom stereocenters. The number of hydrogen-bond donors (Lipinski definition) is 2. The summed E-state index contributed by atoms with van der Waals surface area (Å²) in [5, 5.41) is 7.09. The van der Waals surface area contributed by atoms with Crippen molar-refractivity contribution in [3.63, 3.8) is 0 Å². The van der Waals surface area contributed by atoms with Crippen molar-refractivity contribution in [2.75, 3.05) is 30.0 Å². The number of ether oxygens (including phenoxy) is 1. The lowest BCUT2D eigenvalue weighted by molar-refractivity contribution is 0.102. The minimum atomic E-state index is -0.223. The Bertz CT molecular complexity index is 1280. The third-order valence-corrected chi connectivity index (χ3v) is 4.71. The fourth-order valence-electron chi connectivity index (χ4n) is 3.11. The molecule has 3 N–H and O–H groups in total. The van der Waals surface area contributed by atoms with E-state index in [-0.39, 0.29) is 18.5 Å². The second kappa shape index (κ2) is 9.35. The van der Waals surface area contributed by atoms with Gasteiger partial charge in [-0.25, -0.2) is 0 Å². The van der Waals surface area contributed by atoms with Gasteiger partial charge in [0.2, 0.25) is 11.9 Å². The summed E-state index contributed by atoms with van der Waals surface area (Å²) in [7, 11) is 5.49. The zero-order valence-corrected chi connectivity index (χ0v) is 18.6. The van der Waals surface area contributed by atoms with Crippen LogP contribution in [0.25, 0.3) is 11.1 Å². The van der Waals surface area contributed by atoms with E-state index in [2.05, 4.69) is 25.4 Å². The molecule has 0 aliphatic heterocycles. The normalized spacial score (nSPS) is 10.6. The Labute approximate surface area is 191 Å². The van der Waals surface area contributed by atoms with Gasteiger partial charge in [0.25, 0.3) is 5.91 Å². The molecule has 2 heterocycles. The molecule has 0 fully saturated rings. The van der Waals surface area contributed by atoms with E-state index < -0.39 is 0 Å². The Morgan fingerprint density at radius 1 is 1.09 bits per heavy atom. The minimum absolute atomic E-state index is 0.109. The number of nitrogens with zero attached hydrogens (tertiary/aromatic N) is 6. The number of nitrogens with two attached hydrogens (primary N) is 1. The Balaban J connectivity index is 1.44. The summed E-state index contributed by atoms with van der Waals surface area (Å²) in [6.45, 7) is 0.109. The fourth-order valence-corrected chi connectivity index (χ4v) is 3.11. The molecule has 0 spiro atoms. The lowest BCUT2D eigenvalue weighted by Gasteiger charge is -2.12. The average molecular weight is 444 g/mol. The van der Waals surface area contributed by atoms with Crippen LogP contribution in [0.2, 0.25) is 0 Å². The first kappa shape index (κ1) is 21.8. The molecule has 0 bridgehead atoms. The topological polar surface area (TPSA) is 124 Å². The Hall–Kier alpha value is -4.47. The van der Waals surface area contributed by atoms with Gasteiger partial charge < -0.3 is 20.7 Å². The first-order valence-corrected chi connectivity index (χ1v) is 10.2. The van der Waals surface area contributed by atoms with Gasteiger partial charge in [-0.3, -0.25) is 9.48 Å². The summed E-state index contributed by atoms with van der Waals surface area (Å²) in [5.41, 5.74) is 8.76. The molecule has 0 saturated carbocycles. The zero-order chi connectivity index (χ0) is 23.4. The predicted octanol–water partition coefficient (Wildman–Crippen LogP) is 2.75. The second-order valence-electron chi connectivity index (χ2n) is 7.56. The highest BCUT2D eigenvalue weighted by Gasteiger charge is 2.10. The monoisotopic (exact) mass is 444 g/mol. The van der Waals surface area contributed by atoms with Crippen molar-refractivity contribution in [3.05, 3.63) is 72.3 Å². The third-order valence-electron chi connectivity index (χ3n) is 4.71. The molecule has 0 aliphatic rings. The van der Waals surface area contributed by atoms with Crippen LogP contribution in [-0.2, 0) is 13.7 Å². The molecule has 10 nitrogen and oxygen atoms in total. The molecular weight excluding hydrogens is 420 g/mol. The quantitative estimate of drug-likeness (QED) is 0.446. The predicted molar refractivity (Wildman–Crippen MR) is 126 cm³/mol. The van der Waals surface area contributed by atoms with Gasteiger partial charge >= 0.3 is 0 Å². The van der Waals surface area contributed by atoms with Gasteiger partial charge in [0.1, 0.15) is 12.4 Å². The highest BCUT2D eigenvalue weighted by Crippen LogP contribution is 2.22. The van der Waals surface area contributed by atoms with E-state index >= 15 is 0 Å². The van der Waals surface area contributed by atoms with E-state index in [1.807, 2.05) is 45.5 Å². The molecule has 33 heavy (non-hydrogen) atoms. The van der Waals surface area contributed by atoms with E-state index in [0.29, 0.717) is 28.8 Å². The zero-order valence-electron chi connectivity index (χ0n) is 18.6. The van der Waals surface area contributed by atoms with Gasteiger partial charge in [-0.2, -0.15) is 20.1 Å². The summed E-state index contributed by atoms with van der Waals surface area (Å²) in [5.74, 6) is 1.33. The standard InChI is InChI=1S/C23H24N8O2/c1-30(2)23-28-20(27-22(24)29-23)14-33-19-9-5-8-18(11-19)26-21(32)16-7-4-6-15(10-16)17-12-25-31(3)13-17/h4-13H,14H2,1-3H3,(H,26,32)(H2,24,27,28,29). The first-order chi connectivity index (χ1) is 15.9. The molecule has 0 radical (unpaired) electrons. The molecule has 1 amide bonds. The summed E-state index contributed by atoms with van der Waals surface area (Å²) in [4.78, 5) is 27.0. The molecule has 0 atom stereocenters. The van der Waals surface area contributed by atoms with E-state index in [9.17, 15) is 4.79 Å². The van der Waals surface area contributed by atoms with Crippen LogP contribution < -0.4 is 20.7 Å². The van der Waals surface area contributed by atoms with Crippen molar-refractivity contribution in [1.82, 2.24) is 24.7 Å². The molecule has 0 saturated heterocycles. The van der Waals surface area contributed by atoms with E-state index in [4.69, 9.17) is 10.5 Å². The Kier molecular flexibility index (Phi) is 6.16. The van der Waals surface area contributed by atoms with Crippen LogP contribution in [0.15, 0.2) is 60.9 Å². The maximum absolute atomic E-state index is 12.8. The van der Waals surface area contributed by atoms with E-state index in [0.717, 1.165) is 11.1 Å². The molecule has 4 rings (SSSR count). The molecule has 0 aliphatic carbocycles. The highest BCUT2D eigenvalue weighted by atomic mass is 16.5. The van der Waals surface area contributed by atoms with Gasteiger partial charge in [-0.1, -0.05) is 18.2 Å². The number of amides is 1. The lowest BCUT2D eigenvalue weighted by atomic mass is 10.1. The number of carbonyl (C=O) groups excluding carboxylic acids is 1. The van der Waals surface area contributed by atoms with Crippen LogP contribution in [0, 0.1) is 0 Å². The number of aryl methyl sites for hydroxylation is 1. The summed E-state index contributed by atoms with van der Waals surface area (Å²) in [6, 6.07) is 14.5. The van der Waals surface area contributed by atoms with Crippen molar-refractivity contribution in [2.45, 2.75) is 6.61 Å². The van der Waals surface area contributed by atoms with Gasteiger partial charge in [-0.05, 0) is 29.8 Å². The lowest BCUT2D eigenvalue weighted by Crippen LogP contribution is -2.17. The molecule has 168 valence electrons. The summed E-state index contributed by atoms with van der Waals surface area (Å²) in [6.07, 6.45) is 3.67. The number of anilines is 3. The number of aromatic nitrogens is 5. The largest absolute Gasteiger partial charge is 0.486 e. The maximum atomic E-state index is 12.8. The molecule has 10 heteroatoms. The van der Waals surface area contributed by atoms with Crippen LogP contribution in [0.5, 0.6) is 5.75 Å². The maximum Gasteiger partial charge on any atom is 0.255 e. The summed E-state index contributed by atoms with van der Waals surface area (Å²) >= 11 is 0. The Morgan fingerprint density at radius 3 is 2.67 bits per heavy atom. The van der Waals surface area contributed by atoms with Crippen molar-refractivity contribution < 1.29 is 9.53 Å². The summed E-state index contributed by atoms with van der Waals surface area (Å²) < 4.78 is 7.52. The van der Waals surface area contributed by atoms with Crippen LogP contribution in [-0.4, -0.2) is 44.7 Å². The molecular formula is C23H24N8O2. The van der Waals surface area contributed by atoms with Gasteiger partial charge in [0.05, 0.1) is 6.20 Å². The SMILES string of the molecule is CN(C)c1nc(N)nc(COc2cccc(NC(=O)c3cccc(-c4cnn(C)c4)c3)c2)n1. The number of nitrogens with one attached hydrogen (secondary N) is 1. The number of nitrogen functional groups attached to an aromatic ring is 1. The van der Waals surface area contributed by atoms with E-state index in [1.165, 1.54) is 0 Å². The number of rotatable bonds is 7. The van der Waals surface area contributed by atoms with Gasteiger partial charge in [-0.15, -0.1) is 0 Å². The van der Waals surface area contributed by atoms with Crippen molar-refractivity contribution in [2.24, 2.45) is 7.05 Å². The van der Waals surface area contributed by atoms with Crippen LogP contribution >= 0.6 is 0 Å². The second-order valence-corrected chi connectivity index (χ2v) is 7.56. The molecule has 2 aromatic carbocycles. The number of benzene rings is 2. The minimum Gasteiger partial charge on any atom is -0.486 e. The fraction of sp³-hybridized carbons (Fsp3) is 0.174. The average Bonchev–Trinajstić information content (AvgIpc) is 3.24. The van der Waals surface area contributed by atoms with Crippen LogP contribution in [0.4, 0.5) is 17.6 Å². The first-order valence-electron chi connectivity index (χ1n) is 10.2. The van der Waals surface area contributed by atoms with Crippen LogP contribution in [0.1, 0.15) is 16.2 Å². The molecule has 2 aromatic heterocycles. The number of carbonyl (C=O) groups is 1. The highest BCUT2D eigenvalue weighted by molar-refractivity contribution is 6.05. The van der Waals surface area contributed by atoms with Crippen molar-refractivity contribution in [1.29, 1.82) is 0 Å². The molecule has 4 aromatic rings. The smallest absolute Gasteiger partial charge is 0.255 e. The van der Waals surface area contributed by atoms with Gasteiger partial charge in [0, 0.05) is 50.2 Å². The number of hydrogen-bond acceptors (Lipinski definition) is 8.